The Bertz CT molecular complexity index is 681. The summed E-state index contributed by atoms with van der Waals surface area (Å²) in [5.74, 6) is -0.341. The van der Waals surface area contributed by atoms with Gasteiger partial charge in [-0.2, -0.15) is 0 Å². The molecule has 0 atom stereocenters. The van der Waals surface area contributed by atoms with Gasteiger partial charge < -0.3 is 15.8 Å². The molecule has 4 nitrogen and oxygen atoms in total. The molecule has 0 aliphatic rings. The topological polar surface area (TPSA) is 64.3 Å². The van der Waals surface area contributed by atoms with Crippen LogP contribution in [0.4, 0.5) is 17.1 Å². The van der Waals surface area contributed by atoms with Crippen LogP contribution in [0.2, 0.25) is 0 Å². The Hall–Kier alpha value is -2.49. The predicted octanol–water partition coefficient (Wildman–Crippen LogP) is 4.20. The predicted molar refractivity (Wildman–Crippen MR) is 90.6 cm³/mol. The summed E-state index contributed by atoms with van der Waals surface area (Å²) >= 11 is 0. The number of ether oxygens (including phenoxy) is 1. The Labute approximate surface area is 131 Å². The molecule has 2 aromatic carbocycles. The largest absolute Gasteiger partial charge is 0.462 e. The van der Waals surface area contributed by atoms with Crippen molar-refractivity contribution in [2.45, 2.75) is 27.2 Å². The fourth-order valence-corrected chi connectivity index (χ4v) is 2.10. The van der Waals surface area contributed by atoms with Gasteiger partial charge in [0.1, 0.15) is 0 Å². The van der Waals surface area contributed by atoms with Crippen molar-refractivity contribution in [2.75, 3.05) is 17.7 Å². The van der Waals surface area contributed by atoms with Crippen molar-refractivity contribution < 1.29 is 9.53 Å². The molecule has 116 valence electrons. The maximum atomic E-state index is 11.8. The molecule has 0 bridgehead atoms. The van der Waals surface area contributed by atoms with Crippen LogP contribution in [0.15, 0.2) is 36.4 Å². The van der Waals surface area contributed by atoms with Crippen molar-refractivity contribution >= 4 is 23.0 Å². The van der Waals surface area contributed by atoms with Crippen LogP contribution in [0.5, 0.6) is 0 Å². The van der Waals surface area contributed by atoms with Gasteiger partial charge in [-0.3, -0.25) is 0 Å². The number of rotatable bonds is 5. The minimum atomic E-state index is -0.341. The monoisotopic (exact) mass is 298 g/mol. The molecular weight excluding hydrogens is 276 g/mol. The highest BCUT2D eigenvalue weighted by atomic mass is 16.5. The van der Waals surface area contributed by atoms with E-state index in [1.165, 1.54) is 5.56 Å². The summed E-state index contributed by atoms with van der Waals surface area (Å²) in [5, 5.41) is 3.31. The number of nitrogen functional groups attached to an aromatic ring is 1. The summed E-state index contributed by atoms with van der Waals surface area (Å²) in [4.78, 5) is 11.8. The van der Waals surface area contributed by atoms with E-state index in [1.807, 2.05) is 20.8 Å². The van der Waals surface area contributed by atoms with Gasteiger partial charge in [0, 0.05) is 5.69 Å². The maximum Gasteiger partial charge on any atom is 0.338 e. The molecule has 0 saturated carbocycles. The van der Waals surface area contributed by atoms with E-state index in [-0.39, 0.29) is 5.97 Å². The highest BCUT2D eigenvalue weighted by Gasteiger charge is 2.10. The number of anilines is 3. The van der Waals surface area contributed by atoms with Gasteiger partial charge in [0.25, 0.3) is 0 Å². The van der Waals surface area contributed by atoms with E-state index in [9.17, 15) is 4.79 Å². The Balaban J connectivity index is 2.19. The van der Waals surface area contributed by atoms with Gasteiger partial charge in [0.05, 0.1) is 23.5 Å². The number of carbonyl (C=O) groups is 1. The number of aryl methyl sites for hydroxylation is 2. The lowest BCUT2D eigenvalue weighted by molar-refractivity contribution is 0.0505. The van der Waals surface area contributed by atoms with Crippen molar-refractivity contribution in [1.82, 2.24) is 0 Å². The van der Waals surface area contributed by atoms with Crippen molar-refractivity contribution in [3.63, 3.8) is 0 Å². The Morgan fingerprint density at radius 1 is 1.14 bits per heavy atom. The molecule has 0 spiro atoms. The second-order valence-corrected chi connectivity index (χ2v) is 5.38. The van der Waals surface area contributed by atoms with Crippen molar-refractivity contribution in [1.29, 1.82) is 0 Å². The molecule has 0 radical (unpaired) electrons. The van der Waals surface area contributed by atoms with Crippen molar-refractivity contribution in [2.24, 2.45) is 0 Å². The highest BCUT2D eigenvalue weighted by molar-refractivity contribution is 5.92. The third-order valence-corrected chi connectivity index (χ3v) is 3.39. The first-order valence-electron chi connectivity index (χ1n) is 7.42. The number of hydrogen-bond acceptors (Lipinski definition) is 4. The number of nitrogens with one attached hydrogen (secondary N) is 1. The van der Waals surface area contributed by atoms with Crippen LogP contribution in [0, 0.1) is 13.8 Å². The van der Waals surface area contributed by atoms with E-state index in [0.29, 0.717) is 17.9 Å². The third-order valence-electron chi connectivity index (χ3n) is 3.39. The third kappa shape index (κ3) is 3.79. The lowest BCUT2D eigenvalue weighted by Gasteiger charge is -2.13. The van der Waals surface area contributed by atoms with Gasteiger partial charge in [-0.1, -0.05) is 19.1 Å². The lowest BCUT2D eigenvalue weighted by atomic mass is 10.1. The summed E-state index contributed by atoms with van der Waals surface area (Å²) in [7, 11) is 0. The molecule has 0 heterocycles. The van der Waals surface area contributed by atoms with Gasteiger partial charge in [-0.25, -0.2) is 4.79 Å². The van der Waals surface area contributed by atoms with Crippen molar-refractivity contribution in [3.05, 3.63) is 53.1 Å². The van der Waals surface area contributed by atoms with Crippen LogP contribution in [-0.2, 0) is 4.74 Å². The van der Waals surface area contributed by atoms with Gasteiger partial charge in [0.15, 0.2) is 0 Å². The van der Waals surface area contributed by atoms with Crippen molar-refractivity contribution in [3.8, 4) is 0 Å². The molecule has 0 unspecified atom stereocenters. The highest BCUT2D eigenvalue weighted by Crippen LogP contribution is 2.27. The van der Waals surface area contributed by atoms with E-state index in [4.69, 9.17) is 10.5 Å². The van der Waals surface area contributed by atoms with Crippen LogP contribution in [0.1, 0.15) is 34.8 Å². The first kappa shape index (κ1) is 15.9. The Morgan fingerprint density at radius 2 is 1.91 bits per heavy atom. The maximum absolute atomic E-state index is 11.8. The molecular formula is C18H22N2O2. The number of esters is 1. The van der Waals surface area contributed by atoms with Crippen LogP contribution in [0.3, 0.4) is 0 Å². The molecule has 0 aliphatic carbocycles. The molecule has 3 N–H and O–H groups in total. The number of nitrogens with two attached hydrogens (primary N) is 1. The zero-order valence-corrected chi connectivity index (χ0v) is 13.3. The summed E-state index contributed by atoms with van der Waals surface area (Å²) in [6.07, 6.45) is 0.799. The number of carbonyl (C=O) groups excluding carboxylic acids is 1. The normalized spacial score (nSPS) is 10.3. The zero-order valence-electron chi connectivity index (χ0n) is 13.3. The van der Waals surface area contributed by atoms with Crippen LogP contribution in [0.25, 0.3) is 0 Å². The van der Waals surface area contributed by atoms with E-state index >= 15 is 0 Å². The lowest BCUT2D eigenvalue weighted by Crippen LogP contribution is -2.07. The molecule has 0 aliphatic heterocycles. The van der Waals surface area contributed by atoms with Crippen LogP contribution < -0.4 is 11.1 Å². The molecule has 0 amide bonds. The van der Waals surface area contributed by atoms with E-state index < -0.39 is 0 Å². The average molecular weight is 298 g/mol. The molecule has 4 heteroatoms. The minimum Gasteiger partial charge on any atom is -0.462 e. The fraction of sp³-hybridized carbons (Fsp3) is 0.278. The zero-order chi connectivity index (χ0) is 16.1. The summed E-state index contributed by atoms with van der Waals surface area (Å²) in [6, 6.07) is 11.4. The molecule has 0 aromatic heterocycles. The Kier molecular flexibility index (Phi) is 5.04. The fourth-order valence-electron chi connectivity index (χ4n) is 2.10. The van der Waals surface area contributed by atoms with E-state index in [0.717, 1.165) is 23.4 Å². The average Bonchev–Trinajstić information content (AvgIpc) is 2.50. The molecule has 0 fully saturated rings. The first-order valence-corrected chi connectivity index (χ1v) is 7.42. The minimum absolute atomic E-state index is 0.341. The first-order chi connectivity index (χ1) is 10.5. The smallest absolute Gasteiger partial charge is 0.338 e. The molecule has 22 heavy (non-hydrogen) atoms. The molecule has 2 aromatic rings. The van der Waals surface area contributed by atoms with Gasteiger partial charge in [0.2, 0.25) is 0 Å². The summed E-state index contributed by atoms with van der Waals surface area (Å²) in [5.41, 5.74) is 11.1. The standard InChI is InChI=1S/C18H22N2O2/c1-4-9-22-18(21)14-7-8-16(15(19)11-14)20-17-10-12(2)5-6-13(17)3/h5-8,10-11,20H,4,9,19H2,1-3H3. The quantitative estimate of drug-likeness (QED) is 0.641. The second kappa shape index (κ2) is 6.98. The van der Waals surface area contributed by atoms with Gasteiger partial charge >= 0.3 is 5.97 Å². The molecule has 0 saturated heterocycles. The second-order valence-electron chi connectivity index (χ2n) is 5.38. The van der Waals surface area contributed by atoms with Gasteiger partial charge in [-0.15, -0.1) is 0 Å². The van der Waals surface area contributed by atoms with E-state index in [2.05, 4.69) is 23.5 Å². The van der Waals surface area contributed by atoms with E-state index in [1.54, 1.807) is 18.2 Å². The summed E-state index contributed by atoms with van der Waals surface area (Å²) < 4.78 is 5.11. The molecule has 2 rings (SSSR count). The number of benzene rings is 2. The summed E-state index contributed by atoms with van der Waals surface area (Å²) in [6.45, 7) is 6.45. The van der Waals surface area contributed by atoms with Crippen LogP contribution in [-0.4, -0.2) is 12.6 Å². The van der Waals surface area contributed by atoms with Gasteiger partial charge in [-0.05, 0) is 55.7 Å². The number of hydrogen-bond donors (Lipinski definition) is 2. The van der Waals surface area contributed by atoms with Crippen LogP contribution >= 0.6 is 0 Å². The Morgan fingerprint density at radius 3 is 2.59 bits per heavy atom. The SMILES string of the molecule is CCCOC(=O)c1ccc(Nc2cc(C)ccc2C)c(N)c1.